The molecule has 82 valence electrons. The second-order valence-electron chi connectivity index (χ2n) is 4.25. The third kappa shape index (κ3) is 2.19. The van der Waals surface area contributed by atoms with Gasteiger partial charge in [-0.3, -0.25) is 0 Å². The van der Waals surface area contributed by atoms with Crippen LogP contribution in [-0.4, -0.2) is 12.6 Å². The van der Waals surface area contributed by atoms with Crippen molar-refractivity contribution in [2.45, 2.75) is 31.8 Å². The zero-order valence-electron chi connectivity index (χ0n) is 8.96. The Hall–Kier alpha value is -0.930. The van der Waals surface area contributed by atoms with Gasteiger partial charge in [0.1, 0.15) is 5.82 Å². The summed E-state index contributed by atoms with van der Waals surface area (Å²) in [5, 5.41) is 3.38. The van der Waals surface area contributed by atoms with Crippen LogP contribution in [0.1, 0.15) is 30.0 Å². The molecule has 1 heterocycles. The van der Waals surface area contributed by atoms with E-state index in [1.54, 1.807) is 6.92 Å². The number of hydrogen-bond acceptors (Lipinski definition) is 2. The zero-order valence-corrected chi connectivity index (χ0v) is 8.96. The van der Waals surface area contributed by atoms with Crippen molar-refractivity contribution in [3.63, 3.8) is 0 Å². The molecular weight excluding hydrogens is 191 g/mol. The Labute approximate surface area is 89.7 Å². The number of aryl methyl sites for hydroxylation is 1. The van der Waals surface area contributed by atoms with Gasteiger partial charge in [-0.15, -0.1) is 0 Å². The molecule has 2 atom stereocenters. The topological polar surface area (TPSA) is 38.0 Å². The molecule has 1 fully saturated rings. The van der Waals surface area contributed by atoms with Gasteiger partial charge in [-0.25, -0.2) is 4.39 Å². The van der Waals surface area contributed by atoms with Crippen molar-refractivity contribution in [2.75, 3.05) is 6.54 Å². The highest BCUT2D eigenvalue weighted by Gasteiger charge is 2.22. The van der Waals surface area contributed by atoms with Crippen LogP contribution in [0.5, 0.6) is 0 Å². The lowest BCUT2D eigenvalue weighted by Crippen LogP contribution is -2.42. The van der Waals surface area contributed by atoms with Crippen molar-refractivity contribution in [1.29, 1.82) is 0 Å². The number of hydrogen-bond donors (Lipinski definition) is 2. The van der Waals surface area contributed by atoms with E-state index in [0.717, 1.165) is 24.9 Å². The predicted molar refractivity (Wildman–Crippen MR) is 59.1 cm³/mol. The first-order valence-corrected chi connectivity index (χ1v) is 5.43. The molecular formula is C12H17FN2. The number of nitrogens with one attached hydrogen (secondary N) is 1. The average Bonchev–Trinajstić information content (AvgIpc) is 2.23. The summed E-state index contributed by atoms with van der Waals surface area (Å²) in [4.78, 5) is 0. The number of nitrogens with two attached hydrogens (primary N) is 1. The predicted octanol–water partition coefficient (Wildman–Crippen LogP) is 1.89. The molecule has 2 nitrogen and oxygen atoms in total. The van der Waals surface area contributed by atoms with Crippen LogP contribution >= 0.6 is 0 Å². The molecule has 2 rings (SSSR count). The Morgan fingerprint density at radius 1 is 1.47 bits per heavy atom. The third-order valence-corrected chi connectivity index (χ3v) is 3.05. The molecule has 1 aromatic rings. The van der Waals surface area contributed by atoms with Gasteiger partial charge in [0.2, 0.25) is 0 Å². The largest absolute Gasteiger partial charge is 0.326 e. The number of rotatable bonds is 1. The van der Waals surface area contributed by atoms with Crippen LogP contribution in [0.3, 0.4) is 0 Å². The van der Waals surface area contributed by atoms with Crippen LogP contribution in [0, 0.1) is 12.7 Å². The van der Waals surface area contributed by atoms with Crippen LogP contribution in [0.15, 0.2) is 18.2 Å². The summed E-state index contributed by atoms with van der Waals surface area (Å²) >= 11 is 0. The smallest absolute Gasteiger partial charge is 0.126 e. The molecule has 1 aliphatic rings. The van der Waals surface area contributed by atoms with Gasteiger partial charge in [0.15, 0.2) is 0 Å². The molecule has 0 aromatic heterocycles. The van der Waals surface area contributed by atoms with Gasteiger partial charge in [-0.05, 0) is 43.5 Å². The summed E-state index contributed by atoms with van der Waals surface area (Å²) < 4.78 is 13.1. The van der Waals surface area contributed by atoms with Crippen molar-refractivity contribution >= 4 is 0 Å². The van der Waals surface area contributed by atoms with Gasteiger partial charge < -0.3 is 11.1 Å². The van der Waals surface area contributed by atoms with Crippen LogP contribution in [-0.2, 0) is 0 Å². The second-order valence-corrected chi connectivity index (χ2v) is 4.25. The number of piperidine rings is 1. The standard InChI is InChI=1S/C12H17FN2/c1-8-7-9(4-5-10(8)13)12-11(14)3-2-6-15-12/h4-5,7,11-12,15H,2-3,6,14H2,1H3. The minimum Gasteiger partial charge on any atom is -0.326 e. The summed E-state index contributed by atoms with van der Waals surface area (Å²) in [6.45, 7) is 2.78. The monoisotopic (exact) mass is 208 g/mol. The molecule has 0 saturated carbocycles. The minimum atomic E-state index is -0.150. The van der Waals surface area contributed by atoms with E-state index in [4.69, 9.17) is 5.73 Å². The summed E-state index contributed by atoms with van der Waals surface area (Å²) in [6, 6.07) is 5.55. The average molecular weight is 208 g/mol. The number of halogens is 1. The first-order chi connectivity index (χ1) is 7.18. The Balaban J connectivity index is 2.24. The van der Waals surface area contributed by atoms with Gasteiger partial charge in [0.05, 0.1) is 0 Å². The molecule has 2 unspecified atom stereocenters. The second kappa shape index (κ2) is 4.29. The molecule has 0 amide bonds. The molecule has 1 saturated heterocycles. The Kier molecular flexibility index (Phi) is 3.03. The molecule has 0 radical (unpaired) electrons. The van der Waals surface area contributed by atoms with E-state index in [2.05, 4.69) is 5.32 Å². The lowest BCUT2D eigenvalue weighted by Gasteiger charge is -2.30. The first-order valence-electron chi connectivity index (χ1n) is 5.43. The minimum absolute atomic E-state index is 0.142. The van der Waals surface area contributed by atoms with E-state index in [1.165, 1.54) is 6.07 Å². The van der Waals surface area contributed by atoms with Crippen molar-refractivity contribution in [3.05, 3.63) is 35.1 Å². The van der Waals surface area contributed by atoms with Crippen LogP contribution in [0.25, 0.3) is 0 Å². The van der Waals surface area contributed by atoms with Gasteiger partial charge in [-0.1, -0.05) is 12.1 Å². The quantitative estimate of drug-likeness (QED) is 0.739. The lowest BCUT2D eigenvalue weighted by atomic mass is 9.92. The lowest BCUT2D eigenvalue weighted by molar-refractivity contribution is 0.358. The molecule has 1 aliphatic heterocycles. The fraction of sp³-hybridized carbons (Fsp3) is 0.500. The molecule has 0 bridgehead atoms. The molecule has 3 heteroatoms. The van der Waals surface area contributed by atoms with Crippen LogP contribution in [0.4, 0.5) is 4.39 Å². The van der Waals surface area contributed by atoms with Crippen molar-refractivity contribution in [3.8, 4) is 0 Å². The van der Waals surface area contributed by atoms with Crippen molar-refractivity contribution in [2.24, 2.45) is 5.73 Å². The van der Waals surface area contributed by atoms with E-state index in [-0.39, 0.29) is 17.9 Å². The normalized spacial score (nSPS) is 26.6. The number of benzene rings is 1. The highest BCUT2D eigenvalue weighted by atomic mass is 19.1. The molecule has 1 aromatic carbocycles. The zero-order chi connectivity index (χ0) is 10.8. The molecule has 15 heavy (non-hydrogen) atoms. The van der Waals surface area contributed by atoms with E-state index >= 15 is 0 Å². The maximum Gasteiger partial charge on any atom is 0.126 e. The molecule has 0 aliphatic carbocycles. The van der Waals surface area contributed by atoms with Gasteiger partial charge >= 0.3 is 0 Å². The van der Waals surface area contributed by atoms with Crippen molar-refractivity contribution < 1.29 is 4.39 Å². The van der Waals surface area contributed by atoms with Crippen LogP contribution in [0.2, 0.25) is 0 Å². The molecule has 0 spiro atoms. The summed E-state index contributed by atoms with van der Waals surface area (Å²) in [7, 11) is 0. The maximum atomic E-state index is 13.1. The summed E-state index contributed by atoms with van der Waals surface area (Å²) in [5.74, 6) is -0.150. The molecule has 3 N–H and O–H groups in total. The van der Waals surface area contributed by atoms with Crippen LogP contribution < -0.4 is 11.1 Å². The van der Waals surface area contributed by atoms with E-state index in [9.17, 15) is 4.39 Å². The highest BCUT2D eigenvalue weighted by molar-refractivity contribution is 5.27. The highest BCUT2D eigenvalue weighted by Crippen LogP contribution is 2.23. The van der Waals surface area contributed by atoms with E-state index in [1.807, 2.05) is 12.1 Å². The van der Waals surface area contributed by atoms with Gasteiger partial charge in [-0.2, -0.15) is 0 Å². The van der Waals surface area contributed by atoms with Gasteiger partial charge in [0.25, 0.3) is 0 Å². The fourth-order valence-electron chi connectivity index (χ4n) is 2.14. The van der Waals surface area contributed by atoms with Gasteiger partial charge in [0, 0.05) is 12.1 Å². The Morgan fingerprint density at radius 3 is 2.93 bits per heavy atom. The maximum absolute atomic E-state index is 13.1. The SMILES string of the molecule is Cc1cc(C2NCCCC2N)ccc1F. The Bertz CT molecular complexity index is 351. The summed E-state index contributed by atoms with van der Waals surface area (Å²) in [6.07, 6.45) is 2.16. The first kappa shape index (κ1) is 10.6. The fourth-order valence-corrected chi connectivity index (χ4v) is 2.14. The van der Waals surface area contributed by atoms with E-state index in [0.29, 0.717) is 5.56 Å². The third-order valence-electron chi connectivity index (χ3n) is 3.05. The summed E-state index contributed by atoms with van der Waals surface area (Å²) in [5.41, 5.74) is 7.83. The Morgan fingerprint density at radius 2 is 2.27 bits per heavy atom. The van der Waals surface area contributed by atoms with E-state index < -0.39 is 0 Å². The van der Waals surface area contributed by atoms with Crippen molar-refractivity contribution in [1.82, 2.24) is 5.32 Å².